The van der Waals surface area contributed by atoms with Gasteiger partial charge in [-0.3, -0.25) is 14.7 Å². The highest BCUT2D eigenvalue weighted by Gasteiger charge is 2.47. The summed E-state index contributed by atoms with van der Waals surface area (Å²) in [6.45, 7) is 2.14. The molecular formula is C10H13N3O3S. The molecule has 1 saturated heterocycles. The van der Waals surface area contributed by atoms with Crippen LogP contribution in [-0.4, -0.2) is 39.6 Å². The van der Waals surface area contributed by atoms with Gasteiger partial charge in [0.2, 0.25) is 5.91 Å². The van der Waals surface area contributed by atoms with Crippen LogP contribution >= 0.6 is 11.8 Å². The third-order valence-corrected chi connectivity index (χ3v) is 3.92. The summed E-state index contributed by atoms with van der Waals surface area (Å²) in [6, 6.07) is 0. The number of carboxylic acid groups (broad SMARTS) is 1. The van der Waals surface area contributed by atoms with Crippen LogP contribution in [0.5, 0.6) is 0 Å². The maximum absolute atomic E-state index is 11.3. The van der Waals surface area contributed by atoms with E-state index in [1.165, 1.54) is 16.7 Å². The van der Waals surface area contributed by atoms with Gasteiger partial charge in [-0.05, 0) is 6.92 Å². The molecule has 0 unspecified atom stereocenters. The number of hydrogen-bond donors (Lipinski definition) is 2. The number of aliphatic carboxylic acids is 1. The van der Waals surface area contributed by atoms with Crippen LogP contribution in [0.2, 0.25) is 0 Å². The second-order valence-corrected chi connectivity index (χ2v) is 5.16. The first-order chi connectivity index (χ1) is 8.00. The number of thioether (sulfide) groups is 1. The summed E-state index contributed by atoms with van der Waals surface area (Å²) < 4.78 is 0. The summed E-state index contributed by atoms with van der Waals surface area (Å²) in [5.74, 6) is -0.685. The van der Waals surface area contributed by atoms with E-state index in [-0.39, 0.29) is 17.0 Å². The van der Waals surface area contributed by atoms with E-state index in [0.717, 1.165) is 4.91 Å². The summed E-state index contributed by atoms with van der Waals surface area (Å²) in [4.78, 5) is 28.5. The monoisotopic (exact) mass is 255 g/mol. The lowest BCUT2D eigenvalue weighted by molar-refractivity contribution is -0.145. The summed E-state index contributed by atoms with van der Waals surface area (Å²) in [5.41, 5.74) is 5.53. The van der Waals surface area contributed by atoms with Crippen molar-refractivity contribution in [3.8, 4) is 0 Å². The maximum Gasteiger partial charge on any atom is 0.353 e. The van der Waals surface area contributed by atoms with Crippen LogP contribution in [0.4, 0.5) is 0 Å². The van der Waals surface area contributed by atoms with Gasteiger partial charge in [0.05, 0.1) is 17.6 Å². The molecule has 92 valence electrons. The third kappa shape index (κ3) is 2.14. The lowest BCUT2D eigenvalue weighted by Gasteiger charge is -2.33. The van der Waals surface area contributed by atoms with Crippen molar-refractivity contribution >= 4 is 29.5 Å². The second-order valence-electron chi connectivity index (χ2n) is 3.89. The number of carbonyl (C=O) groups is 2. The van der Waals surface area contributed by atoms with E-state index < -0.39 is 5.97 Å². The Kier molecular flexibility index (Phi) is 3.10. The lowest BCUT2D eigenvalue weighted by Crippen LogP contribution is -2.48. The fourth-order valence-corrected chi connectivity index (χ4v) is 3.23. The number of carboxylic acids is 1. The van der Waals surface area contributed by atoms with Gasteiger partial charge in [0, 0.05) is 17.9 Å². The predicted octanol–water partition coefficient (Wildman–Crippen LogP) is 0.355. The molecule has 0 aromatic rings. The molecule has 1 atom stereocenters. The molecule has 0 aliphatic carbocycles. The van der Waals surface area contributed by atoms with E-state index in [1.54, 1.807) is 6.92 Å². The molecule has 0 saturated carbocycles. The predicted molar refractivity (Wildman–Crippen MR) is 64.3 cm³/mol. The van der Waals surface area contributed by atoms with Gasteiger partial charge < -0.3 is 10.8 Å². The van der Waals surface area contributed by atoms with E-state index in [0.29, 0.717) is 25.2 Å². The van der Waals surface area contributed by atoms with Crippen LogP contribution in [-0.2, 0) is 9.59 Å². The number of β-lactam (4-membered cyclic amide) rings is 1. The van der Waals surface area contributed by atoms with Crippen LogP contribution in [0, 0.1) is 0 Å². The van der Waals surface area contributed by atoms with Gasteiger partial charge in [-0.1, -0.05) is 0 Å². The Balaban J connectivity index is 2.12. The molecule has 0 aromatic heterocycles. The number of fused-ring (bicyclic) bond motifs is 1. The normalized spacial score (nSPS) is 23.8. The number of carbonyl (C=O) groups excluding carboxylic acids is 1. The number of hydrogen-bond acceptors (Lipinski definition) is 4. The molecule has 6 nitrogen and oxygen atoms in total. The molecular weight excluding hydrogens is 242 g/mol. The summed E-state index contributed by atoms with van der Waals surface area (Å²) >= 11 is 1.45. The van der Waals surface area contributed by atoms with Crippen molar-refractivity contribution in [2.45, 2.75) is 25.1 Å². The number of aliphatic imine (C=N–C) groups is 1. The van der Waals surface area contributed by atoms with Crippen molar-refractivity contribution in [2.24, 2.45) is 10.7 Å². The Morgan fingerprint density at radius 1 is 1.71 bits per heavy atom. The molecule has 0 aromatic carbocycles. The number of amides is 1. The Morgan fingerprint density at radius 2 is 2.41 bits per heavy atom. The first-order valence-electron chi connectivity index (χ1n) is 5.22. The van der Waals surface area contributed by atoms with Crippen molar-refractivity contribution < 1.29 is 14.7 Å². The second kappa shape index (κ2) is 4.40. The summed E-state index contributed by atoms with van der Waals surface area (Å²) in [6.07, 6.45) is 0.936. The van der Waals surface area contributed by atoms with Crippen molar-refractivity contribution in [3.63, 3.8) is 0 Å². The molecule has 3 N–H and O–H groups in total. The van der Waals surface area contributed by atoms with Gasteiger partial charge in [0.1, 0.15) is 5.70 Å². The minimum atomic E-state index is -1.04. The van der Waals surface area contributed by atoms with Crippen LogP contribution in [0.25, 0.3) is 0 Å². The maximum atomic E-state index is 11.3. The largest absolute Gasteiger partial charge is 0.477 e. The standard InChI is InChI=1S/C10H13N3O3S/c1-5(11)12-3-2-6-9(10(15)16)13-7(14)4-8(13)17-6/h8H,2-4H2,1H3,(H2,11,12)(H,15,16)/t8-/m0/s1. The molecule has 0 radical (unpaired) electrons. The zero-order chi connectivity index (χ0) is 12.6. The van der Waals surface area contributed by atoms with Gasteiger partial charge in [0.15, 0.2) is 0 Å². The smallest absolute Gasteiger partial charge is 0.353 e. The average molecular weight is 255 g/mol. The first kappa shape index (κ1) is 12.0. The van der Waals surface area contributed by atoms with Gasteiger partial charge in [-0.25, -0.2) is 4.79 Å². The van der Waals surface area contributed by atoms with Gasteiger partial charge in [0.25, 0.3) is 0 Å². The molecule has 2 aliphatic heterocycles. The average Bonchev–Trinajstić information content (AvgIpc) is 2.50. The molecule has 0 bridgehead atoms. The minimum absolute atomic E-state index is 0.0217. The summed E-state index contributed by atoms with van der Waals surface area (Å²) in [5, 5.41) is 9.08. The Morgan fingerprint density at radius 3 is 2.94 bits per heavy atom. The highest BCUT2D eigenvalue weighted by molar-refractivity contribution is 8.04. The number of nitrogens with two attached hydrogens (primary N) is 1. The molecule has 17 heavy (non-hydrogen) atoms. The van der Waals surface area contributed by atoms with Crippen LogP contribution in [0.1, 0.15) is 19.8 Å². The van der Waals surface area contributed by atoms with E-state index in [2.05, 4.69) is 4.99 Å². The molecule has 0 spiro atoms. The molecule has 1 fully saturated rings. The number of nitrogens with zero attached hydrogens (tertiary/aromatic N) is 2. The van der Waals surface area contributed by atoms with E-state index >= 15 is 0 Å². The molecule has 2 rings (SSSR count). The van der Waals surface area contributed by atoms with Crippen LogP contribution < -0.4 is 5.73 Å². The van der Waals surface area contributed by atoms with E-state index in [4.69, 9.17) is 10.8 Å². The van der Waals surface area contributed by atoms with Crippen molar-refractivity contribution in [1.82, 2.24) is 4.90 Å². The Labute approximate surface area is 103 Å². The van der Waals surface area contributed by atoms with Crippen LogP contribution in [0.15, 0.2) is 15.6 Å². The first-order valence-corrected chi connectivity index (χ1v) is 6.10. The van der Waals surface area contributed by atoms with E-state index in [1.807, 2.05) is 0 Å². The molecule has 7 heteroatoms. The quantitative estimate of drug-likeness (QED) is 0.429. The van der Waals surface area contributed by atoms with Gasteiger partial charge in [-0.15, -0.1) is 11.8 Å². The third-order valence-electron chi connectivity index (χ3n) is 2.59. The topological polar surface area (TPSA) is 96.0 Å². The molecule has 2 aliphatic rings. The SMILES string of the molecule is CC(N)=NCCC1=C(C(=O)O)N2C(=O)C[C@@H]2S1. The number of amidine groups is 1. The Bertz CT molecular complexity index is 440. The van der Waals surface area contributed by atoms with Crippen LogP contribution in [0.3, 0.4) is 0 Å². The minimum Gasteiger partial charge on any atom is -0.477 e. The summed E-state index contributed by atoms with van der Waals surface area (Å²) in [7, 11) is 0. The van der Waals surface area contributed by atoms with Crippen molar-refractivity contribution in [1.29, 1.82) is 0 Å². The highest BCUT2D eigenvalue weighted by atomic mass is 32.2. The zero-order valence-corrected chi connectivity index (χ0v) is 10.2. The number of rotatable bonds is 4. The fraction of sp³-hybridized carbons (Fsp3) is 0.500. The molecule has 2 heterocycles. The van der Waals surface area contributed by atoms with Gasteiger partial charge in [-0.2, -0.15) is 0 Å². The highest BCUT2D eigenvalue weighted by Crippen LogP contribution is 2.47. The zero-order valence-electron chi connectivity index (χ0n) is 9.34. The lowest BCUT2D eigenvalue weighted by atomic mass is 10.1. The Hall–Kier alpha value is -1.50. The van der Waals surface area contributed by atoms with Crippen molar-refractivity contribution in [3.05, 3.63) is 10.6 Å². The molecule has 1 amide bonds. The fourth-order valence-electron chi connectivity index (χ4n) is 1.84. The van der Waals surface area contributed by atoms with Gasteiger partial charge >= 0.3 is 5.97 Å². The van der Waals surface area contributed by atoms with E-state index in [9.17, 15) is 9.59 Å². The van der Waals surface area contributed by atoms with Crippen molar-refractivity contribution in [2.75, 3.05) is 6.54 Å².